The largest absolute Gasteiger partial charge is 0.265 e. The van der Waals surface area contributed by atoms with Crippen LogP contribution in [0.5, 0.6) is 0 Å². The van der Waals surface area contributed by atoms with Crippen molar-refractivity contribution >= 4 is 11.8 Å². The Hall–Kier alpha value is -0.250. The third-order valence-corrected chi connectivity index (χ3v) is 1.07. The first kappa shape index (κ1) is 6.75. The van der Waals surface area contributed by atoms with Gasteiger partial charge < -0.3 is 0 Å². The van der Waals surface area contributed by atoms with Crippen LogP contribution in [0.15, 0.2) is 0 Å². The molecule has 0 saturated carbocycles. The highest BCUT2D eigenvalue weighted by Gasteiger charge is 1.90. The lowest BCUT2D eigenvalue weighted by atomic mass is 10.8. The standard InChI is InChI=1S/C3H7NO2S/c1-7-3-2-4(5)6/h2-3H2,1H3. The minimum absolute atomic E-state index is 0.0845. The summed E-state index contributed by atoms with van der Waals surface area (Å²) in [5.74, 6) is 0.618. The number of rotatable bonds is 3. The van der Waals surface area contributed by atoms with Crippen LogP contribution in [0.25, 0.3) is 0 Å². The highest BCUT2D eigenvalue weighted by Crippen LogP contribution is 1.88. The average Bonchev–Trinajstić information content (AvgIpc) is 1.61. The van der Waals surface area contributed by atoms with Crippen molar-refractivity contribution in [3.05, 3.63) is 10.1 Å². The highest BCUT2D eigenvalue weighted by atomic mass is 32.2. The van der Waals surface area contributed by atoms with Gasteiger partial charge in [-0.05, 0) is 6.26 Å². The molecule has 0 amide bonds. The quantitative estimate of drug-likeness (QED) is 0.406. The summed E-state index contributed by atoms with van der Waals surface area (Å²) in [6.45, 7) is 0.0845. The smallest absolute Gasteiger partial charge is 0.212 e. The molecule has 0 rings (SSSR count). The van der Waals surface area contributed by atoms with E-state index in [-0.39, 0.29) is 11.5 Å². The van der Waals surface area contributed by atoms with Crippen molar-refractivity contribution in [2.24, 2.45) is 0 Å². The molecule has 7 heavy (non-hydrogen) atoms. The van der Waals surface area contributed by atoms with E-state index in [2.05, 4.69) is 0 Å². The maximum Gasteiger partial charge on any atom is 0.212 e. The minimum Gasteiger partial charge on any atom is -0.265 e. The predicted molar refractivity (Wildman–Crippen MR) is 30.2 cm³/mol. The maximum atomic E-state index is 9.55. The second kappa shape index (κ2) is 3.92. The zero-order valence-corrected chi connectivity index (χ0v) is 4.90. The molecule has 0 saturated heterocycles. The van der Waals surface area contributed by atoms with Crippen molar-refractivity contribution in [3.63, 3.8) is 0 Å². The Balaban J connectivity index is 2.82. The topological polar surface area (TPSA) is 43.1 Å². The lowest BCUT2D eigenvalue weighted by Gasteiger charge is -1.85. The summed E-state index contributed by atoms with van der Waals surface area (Å²) in [4.78, 5) is 9.24. The summed E-state index contributed by atoms with van der Waals surface area (Å²) in [5.41, 5.74) is 0. The fraction of sp³-hybridized carbons (Fsp3) is 1.00. The molecule has 0 heterocycles. The summed E-state index contributed by atoms with van der Waals surface area (Å²) in [7, 11) is 0. The van der Waals surface area contributed by atoms with Crippen LogP contribution < -0.4 is 0 Å². The molecule has 0 unspecified atom stereocenters. The van der Waals surface area contributed by atoms with Crippen molar-refractivity contribution in [3.8, 4) is 0 Å². The molecule has 0 aliphatic carbocycles. The molecule has 0 aromatic heterocycles. The van der Waals surface area contributed by atoms with Gasteiger partial charge in [-0.2, -0.15) is 11.8 Å². The van der Waals surface area contributed by atoms with Gasteiger partial charge in [-0.3, -0.25) is 10.1 Å². The van der Waals surface area contributed by atoms with Crippen LogP contribution >= 0.6 is 11.8 Å². The van der Waals surface area contributed by atoms with Gasteiger partial charge in [0.25, 0.3) is 0 Å². The number of nitrogens with zero attached hydrogens (tertiary/aromatic N) is 1. The van der Waals surface area contributed by atoms with Gasteiger partial charge in [0.15, 0.2) is 0 Å². The molecule has 4 heteroatoms. The number of nitro groups is 1. The molecule has 0 aromatic rings. The van der Waals surface area contributed by atoms with E-state index in [1.54, 1.807) is 0 Å². The van der Waals surface area contributed by atoms with E-state index in [0.717, 1.165) is 0 Å². The van der Waals surface area contributed by atoms with E-state index in [4.69, 9.17) is 0 Å². The van der Waals surface area contributed by atoms with Crippen LogP contribution in [0.4, 0.5) is 0 Å². The molecule has 0 fully saturated rings. The third kappa shape index (κ3) is 5.75. The Morgan fingerprint density at radius 1 is 1.86 bits per heavy atom. The lowest BCUT2D eigenvalue weighted by molar-refractivity contribution is -0.474. The number of hydrogen-bond donors (Lipinski definition) is 0. The number of hydrogen-bond acceptors (Lipinski definition) is 3. The Kier molecular flexibility index (Phi) is 3.78. The zero-order chi connectivity index (χ0) is 5.70. The first-order valence-corrected chi connectivity index (χ1v) is 3.27. The summed E-state index contributed by atoms with van der Waals surface area (Å²) in [6.07, 6.45) is 1.85. The molecule has 0 aromatic carbocycles. The summed E-state index contributed by atoms with van der Waals surface area (Å²) in [6, 6.07) is 0. The molecule has 0 atom stereocenters. The predicted octanol–water partition coefficient (Wildman–Crippen LogP) is 0.626. The summed E-state index contributed by atoms with van der Waals surface area (Å²) in [5, 5.41) is 9.55. The molecule has 0 aliphatic rings. The fourth-order valence-corrected chi connectivity index (χ4v) is 0.497. The monoisotopic (exact) mass is 121 g/mol. The van der Waals surface area contributed by atoms with Crippen molar-refractivity contribution in [2.45, 2.75) is 0 Å². The second-order valence-electron chi connectivity index (χ2n) is 1.05. The number of thioether (sulfide) groups is 1. The van der Waals surface area contributed by atoms with E-state index in [1.807, 2.05) is 6.26 Å². The molecule has 42 valence electrons. The molecule has 0 aliphatic heterocycles. The van der Waals surface area contributed by atoms with Gasteiger partial charge in [0.2, 0.25) is 6.54 Å². The third-order valence-electron chi connectivity index (χ3n) is 0.478. The Morgan fingerprint density at radius 3 is 2.57 bits per heavy atom. The zero-order valence-electron chi connectivity index (χ0n) is 4.09. The molecule has 0 N–H and O–H groups in total. The van der Waals surface area contributed by atoms with Gasteiger partial charge in [0, 0.05) is 4.92 Å². The van der Waals surface area contributed by atoms with Crippen LogP contribution in [0.1, 0.15) is 0 Å². The highest BCUT2D eigenvalue weighted by molar-refractivity contribution is 7.98. The maximum absolute atomic E-state index is 9.55. The van der Waals surface area contributed by atoms with Gasteiger partial charge in [0.05, 0.1) is 5.75 Å². The van der Waals surface area contributed by atoms with Crippen LogP contribution in [0.2, 0.25) is 0 Å². The van der Waals surface area contributed by atoms with E-state index in [0.29, 0.717) is 5.75 Å². The van der Waals surface area contributed by atoms with Crippen molar-refractivity contribution in [2.75, 3.05) is 18.6 Å². The summed E-state index contributed by atoms with van der Waals surface area (Å²) >= 11 is 1.49. The van der Waals surface area contributed by atoms with Crippen molar-refractivity contribution in [1.82, 2.24) is 0 Å². The molecule has 0 bridgehead atoms. The molecule has 0 radical (unpaired) electrons. The van der Waals surface area contributed by atoms with Gasteiger partial charge in [-0.1, -0.05) is 0 Å². The molecular formula is C3H7NO2S. The Labute approximate surface area is 46.2 Å². The van der Waals surface area contributed by atoms with Crippen LogP contribution in [0, 0.1) is 10.1 Å². The minimum atomic E-state index is -0.309. The Bertz CT molecular complexity index is 66.0. The normalized spacial score (nSPS) is 8.71. The van der Waals surface area contributed by atoms with Gasteiger partial charge >= 0.3 is 0 Å². The SMILES string of the molecule is CSCC[N+](=O)[O-]. The summed E-state index contributed by atoms with van der Waals surface area (Å²) < 4.78 is 0. The molecular weight excluding hydrogens is 114 g/mol. The van der Waals surface area contributed by atoms with Gasteiger partial charge in [-0.25, -0.2) is 0 Å². The Morgan fingerprint density at radius 2 is 2.43 bits per heavy atom. The first-order chi connectivity index (χ1) is 3.27. The van der Waals surface area contributed by atoms with Gasteiger partial charge in [-0.15, -0.1) is 0 Å². The van der Waals surface area contributed by atoms with Crippen LogP contribution in [-0.4, -0.2) is 23.5 Å². The lowest BCUT2D eigenvalue weighted by Crippen LogP contribution is -2.01. The molecule has 0 spiro atoms. The van der Waals surface area contributed by atoms with Crippen LogP contribution in [0.3, 0.4) is 0 Å². The van der Waals surface area contributed by atoms with Crippen molar-refractivity contribution < 1.29 is 4.92 Å². The first-order valence-electron chi connectivity index (χ1n) is 1.88. The van der Waals surface area contributed by atoms with E-state index < -0.39 is 0 Å². The molecule has 3 nitrogen and oxygen atoms in total. The fourth-order valence-electron chi connectivity index (χ4n) is 0.166. The van der Waals surface area contributed by atoms with E-state index in [1.165, 1.54) is 11.8 Å². The van der Waals surface area contributed by atoms with Gasteiger partial charge in [0.1, 0.15) is 0 Å². The van der Waals surface area contributed by atoms with Crippen LogP contribution in [-0.2, 0) is 0 Å². The van der Waals surface area contributed by atoms with E-state index >= 15 is 0 Å². The van der Waals surface area contributed by atoms with E-state index in [9.17, 15) is 10.1 Å². The second-order valence-corrected chi connectivity index (χ2v) is 2.03. The van der Waals surface area contributed by atoms with Crippen molar-refractivity contribution in [1.29, 1.82) is 0 Å². The average molecular weight is 121 g/mol.